The van der Waals surface area contributed by atoms with E-state index in [1.165, 1.54) is 11.2 Å². The van der Waals surface area contributed by atoms with Gasteiger partial charge < -0.3 is 9.32 Å². The van der Waals surface area contributed by atoms with Crippen molar-refractivity contribution in [2.24, 2.45) is 0 Å². The maximum absolute atomic E-state index is 13.1. The first kappa shape index (κ1) is 14.3. The monoisotopic (exact) mass is 260 g/mol. The molecule has 0 unspecified atom stereocenters. The Balaban J connectivity index is 0.000000492. The highest BCUT2D eigenvalue weighted by molar-refractivity contribution is 5.28. The first-order valence-corrected chi connectivity index (χ1v) is 5.59. The van der Waals surface area contributed by atoms with Gasteiger partial charge in [0.1, 0.15) is 6.26 Å². The summed E-state index contributed by atoms with van der Waals surface area (Å²) in [6, 6.07) is 0.325. The van der Waals surface area contributed by atoms with Crippen LogP contribution >= 0.6 is 0 Å². The molecule has 1 aromatic rings. The Hall–Kier alpha value is -1.75. The summed E-state index contributed by atoms with van der Waals surface area (Å²) >= 11 is 0. The molecule has 0 spiro atoms. The van der Waals surface area contributed by atoms with E-state index >= 15 is 0 Å². The average molecular weight is 260 g/mol. The standard InChI is InChI=1S/C10H14F2N2O.CO2/c1-2-8-6-15-9(13-8)14-5-3-4-10(11,12)7-14;2-1-3/h6H,2-5,7H2,1H3;. The van der Waals surface area contributed by atoms with E-state index in [1.54, 1.807) is 0 Å². The Bertz CT molecular complexity index is 414. The predicted molar refractivity (Wildman–Crippen MR) is 57.3 cm³/mol. The minimum Gasteiger partial charge on any atom is -0.432 e. The summed E-state index contributed by atoms with van der Waals surface area (Å²) in [5.74, 6) is -2.61. The van der Waals surface area contributed by atoms with Gasteiger partial charge in [0.15, 0.2) is 0 Å². The highest BCUT2D eigenvalue weighted by Gasteiger charge is 2.36. The number of alkyl halides is 2. The van der Waals surface area contributed by atoms with Crippen LogP contribution in [0.2, 0.25) is 0 Å². The van der Waals surface area contributed by atoms with Gasteiger partial charge in [-0.3, -0.25) is 0 Å². The number of aryl methyl sites for hydroxylation is 1. The summed E-state index contributed by atoms with van der Waals surface area (Å²) in [6.45, 7) is 2.27. The van der Waals surface area contributed by atoms with Crippen LogP contribution in [0.3, 0.4) is 0 Å². The molecule has 0 N–H and O–H groups in total. The molecule has 5 nitrogen and oxygen atoms in total. The molecule has 1 fully saturated rings. The Labute approximate surface area is 103 Å². The van der Waals surface area contributed by atoms with Crippen LogP contribution in [0.25, 0.3) is 0 Å². The molecule has 1 saturated heterocycles. The molecular weight excluding hydrogens is 246 g/mol. The van der Waals surface area contributed by atoms with Crippen molar-refractivity contribution in [3.05, 3.63) is 12.0 Å². The number of anilines is 1. The lowest BCUT2D eigenvalue weighted by molar-refractivity contribution is -0.191. The second-order valence-electron chi connectivity index (χ2n) is 3.94. The first-order chi connectivity index (χ1) is 8.52. The van der Waals surface area contributed by atoms with Crippen LogP contribution in [-0.2, 0) is 16.0 Å². The average Bonchev–Trinajstić information content (AvgIpc) is 2.77. The highest BCUT2D eigenvalue weighted by Crippen LogP contribution is 2.29. The van der Waals surface area contributed by atoms with Crippen molar-refractivity contribution >= 4 is 12.2 Å². The van der Waals surface area contributed by atoms with Crippen LogP contribution in [0.1, 0.15) is 25.5 Å². The van der Waals surface area contributed by atoms with E-state index in [0.717, 1.165) is 12.1 Å². The normalized spacial score (nSPS) is 17.6. The van der Waals surface area contributed by atoms with E-state index in [9.17, 15) is 8.78 Å². The molecule has 1 aliphatic rings. The molecule has 0 bridgehead atoms. The largest absolute Gasteiger partial charge is 0.432 e. The van der Waals surface area contributed by atoms with Gasteiger partial charge in [-0.15, -0.1) is 0 Å². The van der Waals surface area contributed by atoms with Crippen molar-refractivity contribution in [1.82, 2.24) is 4.98 Å². The predicted octanol–water partition coefficient (Wildman–Crippen LogP) is 1.89. The number of carbonyl (C=O) groups excluding carboxylic acids is 2. The first-order valence-electron chi connectivity index (χ1n) is 5.59. The fourth-order valence-corrected chi connectivity index (χ4v) is 1.73. The zero-order valence-corrected chi connectivity index (χ0v) is 9.99. The molecule has 0 atom stereocenters. The Kier molecular flexibility index (Phi) is 4.97. The van der Waals surface area contributed by atoms with Crippen LogP contribution < -0.4 is 4.90 Å². The molecule has 100 valence electrons. The number of hydrogen-bond acceptors (Lipinski definition) is 5. The molecule has 2 heterocycles. The summed E-state index contributed by atoms with van der Waals surface area (Å²) in [7, 11) is 0. The minimum atomic E-state index is -2.61. The van der Waals surface area contributed by atoms with E-state index in [4.69, 9.17) is 14.0 Å². The summed E-state index contributed by atoms with van der Waals surface area (Å²) in [5, 5.41) is 0. The number of nitrogens with zero attached hydrogens (tertiary/aromatic N) is 2. The van der Waals surface area contributed by atoms with E-state index in [-0.39, 0.29) is 19.1 Å². The molecule has 0 saturated carbocycles. The molecule has 7 heteroatoms. The quantitative estimate of drug-likeness (QED) is 0.812. The summed E-state index contributed by atoms with van der Waals surface area (Å²) in [5.41, 5.74) is 0.805. The maximum Gasteiger partial charge on any atom is 0.373 e. The minimum absolute atomic E-state index is 0.0369. The molecule has 0 amide bonds. The van der Waals surface area contributed by atoms with Gasteiger partial charge in [0.2, 0.25) is 0 Å². The lowest BCUT2D eigenvalue weighted by Crippen LogP contribution is -2.42. The van der Waals surface area contributed by atoms with Crippen molar-refractivity contribution in [3.63, 3.8) is 0 Å². The molecular formula is C11H14F2N2O3. The molecule has 0 aromatic carbocycles. The van der Waals surface area contributed by atoms with Crippen LogP contribution in [0, 0.1) is 0 Å². The summed E-state index contributed by atoms with van der Waals surface area (Å²) in [6.07, 6.45) is 2.98. The maximum atomic E-state index is 13.1. The Morgan fingerprint density at radius 2 is 2.22 bits per heavy atom. The van der Waals surface area contributed by atoms with Gasteiger partial charge in [0, 0.05) is 13.0 Å². The zero-order chi connectivity index (χ0) is 13.6. The highest BCUT2D eigenvalue weighted by atomic mass is 19.3. The SMILES string of the molecule is CCc1coc(N2CCCC(F)(F)C2)n1.O=C=O. The summed E-state index contributed by atoms with van der Waals surface area (Å²) < 4.78 is 31.4. The van der Waals surface area contributed by atoms with E-state index < -0.39 is 5.92 Å². The fraction of sp³-hybridized carbons (Fsp3) is 0.636. The lowest BCUT2D eigenvalue weighted by Gasteiger charge is -2.31. The van der Waals surface area contributed by atoms with E-state index in [0.29, 0.717) is 19.0 Å². The van der Waals surface area contributed by atoms with Crippen molar-refractivity contribution in [3.8, 4) is 0 Å². The second kappa shape index (κ2) is 6.26. The van der Waals surface area contributed by atoms with Crippen LogP contribution in [-0.4, -0.2) is 30.1 Å². The van der Waals surface area contributed by atoms with Gasteiger partial charge in [0.25, 0.3) is 11.9 Å². The van der Waals surface area contributed by atoms with Gasteiger partial charge in [0.05, 0.1) is 12.2 Å². The van der Waals surface area contributed by atoms with E-state index in [2.05, 4.69) is 4.98 Å². The van der Waals surface area contributed by atoms with Gasteiger partial charge in [-0.1, -0.05) is 6.92 Å². The molecule has 18 heavy (non-hydrogen) atoms. The number of rotatable bonds is 2. The van der Waals surface area contributed by atoms with Gasteiger partial charge >= 0.3 is 6.15 Å². The topological polar surface area (TPSA) is 63.4 Å². The zero-order valence-electron chi connectivity index (χ0n) is 9.99. The van der Waals surface area contributed by atoms with Crippen LogP contribution in [0.4, 0.5) is 14.8 Å². The fourth-order valence-electron chi connectivity index (χ4n) is 1.73. The van der Waals surface area contributed by atoms with Crippen molar-refractivity contribution in [2.75, 3.05) is 18.0 Å². The third-order valence-electron chi connectivity index (χ3n) is 2.57. The second-order valence-corrected chi connectivity index (χ2v) is 3.94. The summed E-state index contributed by atoms with van der Waals surface area (Å²) in [4.78, 5) is 21.9. The Morgan fingerprint density at radius 3 is 2.72 bits per heavy atom. The van der Waals surface area contributed by atoms with Crippen LogP contribution in [0.5, 0.6) is 0 Å². The van der Waals surface area contributed by atoms with Crippen molar-refractivity contribution < 1.29 is 22.8 Å². The molecule has 0 aliphatic carbocycles. The smallest absolute Gasteiger partial charge is 0.373 e. The third-order valence-corrected chi connectivity index (χ3v) is 2.57. The molecule has 0 radical (unpaired) electrons. The third kappa shape index (κ3) is 3.92. The number of halogens is 2. The van der Waals surface area contributed by atoms with E-state index in [1.807, 2.05) is 6.92 Å². The van der Waals surface area contributed by atoms with Crippen molar-refractivity contribution in [1.29, 1.82) is 0 Å². The van der Waals surface area contributed by atoms with Gasteiger partial charge in [-0.2, -0.15) is 14.6 Å². The number of hydrogen-bond donors (Lipinski definition) is 0. The van der Waals surface area contributed by atoms with Crippen molar-refractivity contribution in [2.45, 2.75) is 32.1 Å². The number of piperidine rings is 1. The number of aromatic nitrogens is 1. The lowest BCUT2D eigenvalue weighted by atomic mass is 10.1. The van der Waals surface area contributed by atoms with Crippen LogP contribution in [0.15, 0.2) is 10.7 Å². The number of oxazole rings is 1. The molecule has 1 aromatic heterocycles. The van der Waals surface area contributed by atoms with Gasteiger partial charge in [-0.25, -0.2) is 8.78 Å². The molecule has 1 aliphatic heterocycles. The Morgan fingerprint density at radius 1 is 1.56 bits per heavy atom. The molecule has 2 rings (SSSR count). The van der Waals surface area contributed by atoms with Gasteiger partial charge in [-0.05, 0) is 12.8 Å².